The van der Waals surface area contributed by atoms with E-state index in [0.29, 0.717) is 11.6 Å². The normalized spacial score (nSPS) is 25.9. The minimum absolute atomic E-state index is 0.0286. The minimum atomic E-state index is -3.78. The van der Waals surface area contributed by atoms with Crippen LogP contribution in [-0.2, 0) is 14.8 Å². The van der Waals surface area contributed by atoms with Gasteiger partial charge in [0.05, 0.1) is 10.3 Å². The average Bonchev–Trinajstić information content (AvgIpc) is 2.34. The molecule has 0 bridgehead atoms. The van der Waals surface area contributed by atoms with Gasteiger partial charge in [0.2, 0.25) is 15.9 Å². The van der Waals surface area contributed by atoms with Gasteiger partial charge in [-0.05, 0) is 37.0 Å². The monoisotopic (exact) mass is 297 g/mol. The summed E-state index contributed by atoms with van der Waals surface area (Å²) in [7, 11) is -3.78. The van der Waals surface area contributed by atoms with Crippen LogP contribution in [0.4, 0.5) is 5.69 Å². The first kappa shape index (κ1) is 15.0. The minimum Gasteiger partial charge on any atom is -0.329 e. The molecule has 110 valence electrons. The first-order valence-corrected chi connectivity index (χ1v) is 7.96. The van der Waals surface area contributed by atoms with Crippen LogP contribution in [0.1, 0.15) is 19.8 Å². The molecule has 1 fully saturated rings. The van der Waals surface area contributed by atoms with Crippen molar-refractivity contribution < 1.29 is 13.2 Å². The first-order valence-electron chi connectivity index (χ1n) is 6.41. The lowest BCUT2D eigenvalue weighted by molar-refractivity contribution is -0.132. The number of nitrogens with two attached hydrogens (primary N) is 2. The number of primary sulfonamides is 1. The standard InChI is InChI=1S/C13H19N3O3S/c1-9-6-13(7-9,8-14)12(17)16-10-3-2-4-11(5-10)20(15,18)19/h2-5,9H,6-8,14H2,1H3,(H,16,17)(H2,15,18,19). The Bertz CT molecular complexity index is 622. The molecule has 2 rings (SSSR count). The smallest absolute Gasteiger partial charge is 0.238 e. The molecule has 5 N–H and O–H groups in total. The fraction of sp³-hybridized carbons (Fsp3) is 0.462. The van der Waals surface area contributed by atoms with Crippen molar-refractivity contribution in [1.29, 1.82) is 0 Å². The van der Waals surface area contributed by atoms with Gasteiger partial charge >= 0.3 is 0 Å². The molecule has 0 aliphatic heterocycles. The second-order valence-corrected chi connectivity index (χ2v) is 7.09. The molecule has 20 heavy (non-hydrogen) atoms. The summed E-state index contributed by atoms with van der Waals surface area (Å²) in [5.74, 6) is 0.324. The van der Waals surface area contributed by atoms with Crippen molar-refractivity contribution in [2.45, 2.75) is 24.7 Å². The third-order valence-electron chi connectivity index (χ3n) is 3.77. The van der Waals surface area contributed by atoms with Crippen molar-refractivity contribution in [2.75, 3.05) is 11.9 Å². The van der Waals surface area contributed by atoms with E-state index in [1.165, 1.54) is 18.2 Å². The number of carbonyl (C=O) groups is 1. The Morgan fingerprint density at radius 2 is 2.10 bits per heavy atom. The van der Waals surface area contributed by atoms with E-state index in [0.717, 1.165) is 12.8 Å². The van der Waals surface area contributed by atoms with E-state index < -0.39 is 15.4 Å². The molecule has 0 atom stereocenters. The lowest BCUT2D eigenvalue weighted by atomic mass is 9.62. The summed E-state index contributed by atoms with van der Waals surface area (Å²) in [5.41, 5.74) is 5.59. The van der Waals surface area contributed by atoms with Crippen LogP contribution in [0.25, 0.3) is 0 Å². The highest BCUT2D eigenvalue weighted by Gasteiger charge is 2.47. The highest BCUT2D eigenvalue weighted by molar-refractivity contribution is 7.89. The molecule has 1 aromatic carbocycles. The van der Waals surface area contributed by atoms with E-state index in [4.69, 9.17) is 10.9 Å². The van der Waals surface area contributed by atoms with Crippen molar-refractivity contribution in [3.63, 3.8) is 0 Å². The van der Waals surface area contributed by atoms with E-state index in [9.17, 15) is 13.2 Å². The van der Waals surface area contributed by atoms with Crippen LogP contribution in [0.3, 0.4) is 0 Å². The third kappa shape index (κ3) is 2.84. The van der Waals surface area contributed by atoms with Crippen LogP contribution in [0.15, 0.2) is 29.2 Å². The van der Waals surface area contributed by atoms with Gasteiger partial charge in [0.25, 0.3) is 0 Å². The fourth-order valence-corrected chi connectivity index (χ4v) is 3.29. The lowest BCUT2D eigenvalue weighted by Gasteiger charge is -2.44. The van der Waals surface area contributed by atoms with Crippen molar-refractivity contribution in [1.82, 2.24) is 0 Å². The highest BCUT2D eigenvalue weighted by atomic mass is 32.2. The van der Waals surface area contributed by atoms with Crippen molar-refractivity contribution in [3.8, 4) is 0 Å². The topological polar surface area (TPSA) is 115 Å². The maximum absolute atomic E-state index is 12.3. The quantitative estimate of drug-likeness (QED) is 0.756. The number of amides is 1. The van der Waals surface area contributed by atoms with Crippen LogP contribution in [0, 0.1) is 11.3 Å². The van der Waals surface area contributed by atoms with Gasteiger partial charge in [0.1, 0.15) is 0 Å². The van der Waals surface area contributed by atoms with E-state index in [1.54, 1.807) is 6.07 Å². The molecule has 0 spiro atoms. The van der Waals surface area contributed by atoms with E-state index in [1.807, 2.05) is 0 Å². The molecular formula is C13H19N3O3S. The Labute approximate surface area is 118 Å². The summed E-state index contributed by atoms with van der Waals surface area (Å²) >= 11 is 0. The van der Waals surface area contributed by atoms with Crippen molar-refractivity contribution >= 4 is 21.6 Å². The van der Waals surface area contributed by atoms with Crippen LogP contribution in [-0.4, -0.2) is 20.9 Å². The van der Waals surface area contributed by atoms with E-state index in [-0.39, 0.29) is 17.3 Å². The molecule has 0 unspecified atom stereocenters. The fourth-order valence-electron chi connectivity index (χ4n) is 2.73. The van der Waals surface area contributed by atoms with Crippen LogP contribution < -0.4 is 16.2 Å². The third-order valence-corrected chi connectivity index (χ3v) is 4.68. The average molecular weight is 297 g/mol. The molecule has 6 nitrogen and oxygen atoms in total. The number of rotatable bonds is 4. The predicted molar refractivity (Wildman–Crippen MR) is 76.3 cm³/mol. The molecule has 7 heteroatoms. The summed E-state index contributed by atoms with van der Waals surface area (Å²) in [4.78, 5) is 12.3. The Hall–Kier alpha value is -1.44. The Kier molecular flexibility index (Phi) is 3.86. The SMILES string of the molecule is CC1CC(CN)(C(=O)Nc2cccc(S(N)(=O)=O)c2)C1. The van der Waals surface area contributed by atoms with Gasteiger partial charge < -0.3 is 11.1 Å². The zero-order chi connectivity index (χ0) is 15.0. The highest BCUT2D eigenvalue weighted by Crippen LogP contribution is 2.45. The summed E-state index contributed by atoms with van der Waals surface area (Å²) in [6, 6.07) is 5.89. The van der Waals surface area contributed by atoms with Crippen LogP contribution in [0.2, 0.25) is 0 Å². The second kappa shape index (κ2) is 5.16. The van der Waals surface area contributed by atoms with Crippen LogP contribution in [0.5, 0.6) is 0 Å². The zero-order valence-corrected chi connectivity index (χ0v) is 12.1. The molecular weight excluding hydrogens is 278 g/mol. The summed E-state index contributed by atoms with van der Waals surface area (Å²) < 4.78 is 22.6. The number of hydrogen-bond donors (Lipinski definition) is 3. The second-order valence-electron chi connectivity index (χ2n) is 5.52. The molecule has 1 amide bonds. The Morgan fingerprint density at radius 1 is 1.45 bits per heavy atom. The van der Waals surface area contributed by atoms with E-state index >= 15 is 0 Å². The van der Waals surface area contributed by atoms with Gasteiger partial charge in [-0.25, -0.2) is 13.6 Å². The van der Waals surface area contributed by atoms with Crippen molar-refractivity contribution in [3.05, 3.63) is 24.3 Å². The maximum Gasteiger partial charge on any atom is 0.238 e. The number of sulfonamides is 1. The van der Waals surface area contributed by atoms with Gasteiger partial charge in [0, 0.05) is 12.2 Å². The lowest BCUT2D eigenvalue weighted by Crippen LogP contribution is -2.51. The predicted octanol–water partition coefficient (Wildman–Crippen LogP) is 0.647. The largest absolute Gasteiger partial charge is 0.329 e. The molecule has 1 aromatic rings. The van der Waals surface area contributed by atoms with Crippen LogP contribution >= 0.6 is 0 Å². The number of carbonyl (C=O) groups excluding carboxylic acids is 1. The van der Waals surface area contributed by atoms with Gasteiger partial charge in [-0.2, -0.15) is 0 Å². The molecule has 1 saturated carbocycles. The Morgan fingerprint density at radius 3 is 2.60 bits per heavy atom. The van der Waals surface area contributed by atoms with Gasteiger partial charge in [-0.3, -0.25) is 4.79 Å². The molecule has 1 aliphatic carbocycles. The summed E-state index contributed by atoms with van der Waals surface area (Å²) in [6.45, 7) is 2.36. The van der Waals surface area contributed by atoms with E-state index in [2.05, 4.69) is 12.2 Å². The molecule has 0 radical (unpaired) electrons. The molecule has 1 aliphatic rings. The molecule has 0 heterocycles. The maximum atomic E-state index is 12.3. The van der Waals surface area contributed by atoms with Gasteiger partial charge in [-0.1, -0.05) is 13.0 Å². The van der Waals surface area contributed by atoms with Crippen molar-refractivity contribution in [2.24, 2.45) is 22.2 Å². The number of hydrogen-bond acceptors (Lipinski definition) is 4. The molecule has 0 aromatic heterocycles. The molecule has 0 saturated heterocycles. The summed E-state index contributed by atoms with van der Waals surface area (Å²) in [6.07, 6.45) is 1.51. The zero-order valence-electron chi connectivity index (χ0n) is 11.3. The summed E-state index contributed by atoms with van der Waals surface area (Å²) in [5, 5.41) is 7.79. The number of nitrogens with one attached hydrogen (secondary N) is 1. The van der Waals surface area contributed by atoms with Gasteiger partial charge in [-0.15, -0.1) is 0 Å². The number of benzene rings is 1. The van der Waals surface area contributed by atoms with Gasteiger partial charge in [0.15, 0.2) is 0 Å². The first-order chi connectivity index (χ1) is 9.27. The Balaban J connectivity index is 2.16. The number of anilines is 1.